The van der Waals surface area contributed by atoms with Crippen LogP contribution in [0.15, 0.2) is 42.5 Å². The highest BCUT2D eigenvalue weighted by Crippen LogP contribution is 2.41. The van der Waals surface area contributed by atoms with Crippen LogP contribution in [0.1, 0.15) is 35.5 Å². The number of anilines is 2. The third-order valence-corrected chi connectivity index (χ3v) is 5.88. The van der Waals surface area contributed by atoms with E-state index in [1.807, 2.05) is 13.8 Å². The molecule has 3 aromatic rings. The number of hydrogen-bond donors (Lipinski definition) is 3. The van der Waals surface area contributed by atoms with Crippen molar-refractivity contribution < 1.29 is 14.0 Å². The van der Waals surface area contributed by atoms with Crippen molar-refractivity contribution in [2.24, 2.45) is 0 Å². The molecule has 31 heavy (non-hydrogen) atoms. The summed E-state index contributed by atoms with van der Waals surface area (Å²) in [5, 5.41) is 13.2. The van der Waals surface area contributed by atoms with Gasteiger partial charge in [0.1, 0.15) is 5.82 Å². The van der Waals surface area contributed by atoms with E-state index in [0.29, 0.717) is 38.4 Å². The lowest BCUT2D eigenvalue weighted by atomic mass is 10.0. The number of hydrogen-bond acceptors (Lipinski definition) is 3. The summed E-state index contributed by atoms with van der Waals surface area (Å²) >= 11 is 12.3. The summed E-state index contributed by atoms with van der Waals surface area (Å²) in [5.74, 6) is -0.555. The van der Waals surface area contributed by atoms with Crippen molar-refractivity contribution in [3.63, 3.8) is 0 Å². The molecule has 1 aliphatic heterocycles. The van der Waals surface area contributed by atoms with Crippen LogP contribution in [0.4, 0.5) is 20.7 Å². The number of carbonyl (C=O) groups is 2. The third-order valence-electron chi connectivity index (χ3n) is 5.25. The second kappa shape index (κ2) is 7.86. The molecule has 0 saturated carbocycles. The van der Waals surface area contributed by atoms with E-state index in [1.165, 1.54) is 24.3 Å². The molecule has 160 valence electrons. The molecule has 3 N–H and O–H groups in total. The maximum absolute atomic E-state index is 13.1. The average Bonchev–Trinajstić information content (AvgIpc) is 3.23. The second-order valence-corrected chi connectivity index (χ2v) is 8.37. The number of nitrogens with zero attached hydrogens (tertiary/aromatic N) is 2. The summed E-state index contributed by atoms with van der Waals surface area (Å²) in [6.07, 6.45) is 0. The molecule has 0 saturated heterocycles. The summed E-state index contributed by atoms with van der Waals surface area (Å²) < 4.78 is 13.1. The number of urea groups is 1. The van der Waals surface area contributed by atoms with Gasteiger partial charge in [-0.05, 0) is 50.2 Å². The first kappa shape index (κ1) is 21.1. The van der Waals surface area contributed by atoms with Gasteiger partial charge < -0.3 is 15.5 Å². The predicted octanol–water partition coefficient (Wildman–Crippen LogP) is 5.39. The monoisotopic (exact) mass is 461 g/mol. The number of aromatic nitrogens is 2. The predicted molar refractivity (Wildman–Crippen MR) is 117 cm³/mol. The van der Waals surface area contributed by atoms with E-state index in [0.717, 1.165) is 0 Å². The molecular weight excluding hydrogens is 444 g/mol. The Balaban J connectivity index is 1.55. The highest BCUT2D eigenvalue weighted by Gasteiger charge is 2.44. The Kier molecular flexibility index (Phi) is 5.36. The minimum absolute atomic E-state index is 0.200. The second-order valence-electron chi connectivity index (χ2n) is 7.56. The highest BCUT2D eigenvalue weighted by molar-refractivity contribution is 6.39. The SMILES string of the molecule is CC1(C)c2[nH]nc(NC(=O)c3ccc(F)cc3)c2CN1C(=O)Nc1c(Cl)cccc1Cl. The topological polar surface area (TPSA) is 90.1 Å². The molecule has 0 unspecified atom stereocenters. The van der Waals surface area contributed by atoms with Crippen molar-refractivity contribution in [1.29, 1.82) is 0 Å². The average molecular weight is 462 g/mol. The first-order valence-electron chi connectivity index (χ1n) is 9.35. The fourth-order valence-corrected chi connectivity index (χ4v) is 4.01. The van der Waals surface area contributed by atoms with Gasteiger partial charge in [0, 0.05) is 11.1 Å². The van der Waals surface area contributed by atoms with Gasteiger partial charge in [-0.15, -0.1) is 0 Å². The molecule has 0 aliphatic carbocycles. The molecule has 0 bridgehead atoms. The van der Waals surface area contributed by atoms with Crippen molar-refractivity contribution in [2.45, 2.75) is 25.9 Å². The quantitative estimate of drug-likeness (QED) is 0.488. The van der Waals surface area contributed by atoms with Crippen LogP contribution in [0.2, 0.25) is 10.0 Å². The number of amides is 3. The molecule has 0 fully saturated rings. The maximum atomic E-state index is 13.1. The van der Waals surface area contributed by atoms with Gasteiger partial charge in [0.15, 0.2) is 5.82 Å². The molecule has 2 aromatic carbocycles. The number of aromatic amines is 1. The first-order chi connectivity index (χ1) is 14.7. The van der Waals surface area contributed by atoms with Gasteiger partial charge in [-0.1, -0.05) is 29.3 Å². The molecule has 3 amide bonds. The molecule has 10 heteroatoms. The van der Waals surface area contributed by atoms with Crippen molar-refractivity contribution in [3.05, 3.63) is 75.1 Å². The third kappa shape index (κ3) is 3.84. The zero-order valence-electron chi connectivity index (χ0n) is 16.6. The molecule has 0 atom stereocenters. The van der Waals surface area contributed by atoms with Gasteiger partial charge in [0.2, 0.25) is 0 Å². The zero-order chi connectivity index (χ0) is 22.3. The standard InChI is InChI=1S/C21H18Cl2FN5O2/c1-21(2)17-13(10-29(21)20(31)25-16-14(22)4-3-5-15(16)23)18(28-27-17)26-19(30)11-6-8-12(24)9-7-11/h3-9H,10H2,1-2H3,(H,25,31)(H2,26,27,28,30). The summed E-state index contributed by atoms with van der Waals surface area (Å²) in [4.78, 5) is 27.1. The number of nitrogens with one attached hydrogen (secondary N) is 3. The number of H-pyrrole nitrogens is 1. The van der Waals surface area contributed by atoms with E-state index < -0.39 is 23.3 Å². The van der Waals surface area contributed by atoms with Crippen LogP contribution in [0.5, 0.6) is 0 Å². The molecule has 7 nitrogen and oxygen atoms in total. The van der Waals surface area contributed by atoms with Crippen molar-refractivity contribution >= 4 is 46.6 Å². The number of halogens is 3. The largest absolute Gasteiger partial charge is 0.323 e. The normalized spacial score (nSPS) is 14.3. The van der Waals surface area contributed by atoms with Gasteiger partial charge in [-0.25, -0.2) is 9.18 Å². The lowest BCUT2D eigenvalue weighted by Gasteiger charge is -2.32. The van der Waals surface area contributed by atoms with Crippen molar-refractivity contribution in [2.75, 3.05) is 10.6 Å². The van der Waals surface area contributed by atoms with E-state index in [9.17, 15) is 14.0 Å². The van der Waals surface area contributed by atoms with Crippen LogP contribution >= 0.6 is 23.2 Å². The fraction of sp³-hybridized carbons (Fsp3) is 0.190. The molecule has 0 spiro atoms. The molecule has 4 rings (SSSR count). The molecule has 2 heterocycles. The van der Waals surface area contributed by atoms with Crippen LogP contribution in [-0.2, 0) is 12.1 Å². The number of rotatable bonds is 3. The van der Waals surface area contributed by atoms with E-state index in [2.05, 4.69) is 20.8 Å². The number of para-hydroxylation sites is 1. The number of benzene rings is 2. The van der Waals surface area contributed by atoms with Gasteiger partial charge in [-0.2, -0.15) is 5.10 Å². The van der Waals surface area contributed by atoms with Crippen LogP contribution in [0.3, 0.4) is 0 Å². The Morgan fingerprint density at radius 1 is 1.10 bits per heavy atom. The van der Waals surface area contributed by atoms with Crippen LogP contribution in [0.25, 0.3) is 0 Å². The Morgan fingerprint density at radius 3 is 2.39 bits per heavy atom. The number of carbonyl (C=O) groups excluding carboxylic acids is 2. The van der Waals surface area contributed by atoms with Crippen LogP contribution in [-0.4, -0.2) is 27.0 Å². The van der Waals surface area contributed by atoms with Gasteiger partial charge in [0.05, 0.1) is 33.5 Å². The maximum Gasteiger partial charge on any atom is 0.323 e. The Hall–Kier alpha value is -3.10. The lowest BCUT2D eigenvalue weighted by molar-refractivity contribution is 0.102. The number of fused-ring (bicyclic) bond motifs is 1. The Bertz CT molecular complexity index is 1160. The molecule has 1 aromatic heterocycles. The van der Waals surface area contributed by atoms with E-state index in [4.69, 9.17) is 23.2 Å². The van der Waals surface area contributed by atoms with E-state index in [1.54, 1.807) is 23.1 Å². The minimum Gasteiger partial charge on any atom is -0.309 e. The van der Waals surface area contributed by atoms with Crippen LogP contribution < -0.4 is 10.6 Å². The lowest BCUT2D eigenvalue weighted by Crippen LogP contribution is -2.43. The molecule has 0 radical (unpaired) electrons. The smallest absolute Gasteiger partial charge is 0.309 e. The molecular formula is C21H18Cl2FN5O2. The van der Waals surface area contributed by atoms with E-state index >= 15 is 0 Å². The first-order valence-corrected chi connectivity index (χ1v) is 10.1. The summed E-state index contributed by atoms with van der Waals surface area (Å²) in [6.45, 7) is 3.92. The van der Waals surface area contributed by atoms with E-state index in [-0.39, 0.29) is 6.54 Å². The van der Waals surface area contributed by atoms with Gasteiger partial charge in [-0.3, -0.25) is 9.89 Å². The summed E-state index contributed by atoms with van der Waals surface area (Å²) in [5.41, 5.74) is 1.26. The molecule has 1 aliphatic rings. The summed E-state index contributed by atoms with van der Waals surface area (Å²) in [6, 6.07) is 9.73. The Morgan fingerprint density at radius 2 is 1.74 bits per heavy atom. The zero-order valence-corrected chi connectivity index (χ0v) is 18.1. The van der Waals surface area contributed by atoms with Gasteiger partial charge in [0.25, 0.3) is 5.91 Å². The van der Waals surface area contributed by atoms with Gasteiger partial charge >= 0.3 is 6.03 Å². The minimum atomic E-state index is -0.737. The van der Waals surface area contributed by atoms with Crippen molar-refractivity contribution in [3.8, 4) is 0 Å². The van der Waals surface area contributed by atoms with Crippen molar-refractivity contribution in [1.82, 2.24) is 15.1 Å². The Labute approximate surface area is 187 Å². The summed E-state index contributed by atoms with van der Waals surface area (Å²) in [7, 11) is 0. The van der Waals surface area contributed by atoms with Crippen LogP contribution in [0, 0.1) is 5.82 Å². The highest BCUT2D eigenvalue weighted by atomic mass is 35.5. The fourth-order valence-electron chi connectivity index (χ4n) is 3.52.